The van der Waals surface area contributed by atoms with Crippen molar-refractivity contribution >= 4 is 33.4 Å². The van der Waals surface area contributed by atoms with Gasteiger partial charge in [-0.25, -0.2) is 26.4 Å². The lowest BCUT2D eigenvalue weighted by Crippen LogP contribution is -2.48. The summed E-state index contributed by atoms with van der Waals surface area (Å²) >= 11 is 0. The molecule has 1 aliphatic carbocycles. The van der Waals surface area contributed by atoms with Crippen molar-refractivity contribution in [1.82, 2.24) is 5.32 Å². The number of benzene rings is 2. The minimum Gasteiger partial charge on any atom is -0.484 e. The second-order valence-corrected chi connectivity index (χ2v) is 11.5. The number of alkyl halides is 4. The summed E-state index contributed by atoms with van der Waals surface area (Å²) < 4.78 is 118. The Hall–Kier alpha value is -3.69. The maximum Gasteiger partial charge on any atom is 0.427 e. The zero-order valence-electron chi connectivity index (χ0n) is 20.9. The molecule has 2 aliphatic rings. The maximum atomic E-state index is 13.9. The maximum absolute atomic E-state index is 13.9. The predicted octanol–water partition coefficient (Wildman–Crippen LogP) is 4.28. The number of fused-ring (bicyclic) bond motifs is 1. The molecule has 0 spiro atoms. The topological polar surface area (TPSA) is 114 Å². The summed E-state index contributed by atoms with van der Waals surface area (Å²) in [5, 5.41) is 4.56. The molecule has 1 fully saturated rings. The van der Waals surface area contributed by atoms with E-state index in [9.17, 15) is 44.3 Å². The van der Waals surface area contributed by atoms with E-state index in [-0.39, 0.29) is 30.1 Å². The van der Waals surface area contributed by atoms with Crippen molar-refractivity contribution < 1.29 is 53.8 Å². The molecule has 1 aliphatic heterocycles. The van der Waals surface area contributed by atoms with Crippen molar-refractivity contribution in [2.24, 2.45) is 5.92 Å². The number of sulfonamides is 1. The molecule has 3 atom stereocenters. The van der Waals surface area contributed by atoms with Gasteiger partial charge in [0.25, 0.3) is 10.0 Å². The zero-order valence-corrected chi connectivity index (χ0v) is 21.7. The lowest BCUT2D eigenvalue weighted by molar-refractivity contribution is -0.242. The van der Waals surface area contributed by atoms with E-state index in [0.717, 1.165) is 16.4 Å². The second kappa shape index (κ2) is 10.4. The molecule has 40 heavy (non-hydrogen) atoms. The number of rotatable bonds is 7. The van der Waals surface area contributed by atoms with Crippen molar-refractivity contribution in [3.8, 4) is 5.75 Å². The van der Waals surface area contributed by atoms with E-state index in [2.05, 4.69) is 15.4 Å². The van der Waals surface area contributed by atoms with Crippen LogP contribution in [0.15, 0.2) is 41.3 Å². The van der Waals surface area contributed by atoms with Gasteiger partial charge in [0.1, 0.15) is 18.0 Å². The van der Waals surface area contributed by atoms with Gasteiger partial charge in [0.2, 0.25) is 11.5 Å². The Morgan fingerprint density at radius 3 is 2.38 bits per heavy atom. The van der Waals surface area contributed by atoms with Gasteiger partial charge >= 0.3 is 12.3 Å². The van der Waals surface area contributed by atoms with Gasteiger partial charge in [-0.1, -0.05) is 0 Å². The van der Waals surface area contributed by atoms with Crippen molar-refractivity contribution in [2.45, 2.75) is 49.2 Å². The second-order valence-electron chi connectivity index (χ2n) is 9.66. The van der Waals surface area contributed by atoms with Crippen LogP contribution in [-0.2, 0) is 19.6 Å². The summed E-state index contributed by atoms with van der Waals surface area (Å²) in [6.07, 6.45) is -8.57. The number of ether oxygens (including phenoxy) is 2. The van der Waals surface area contributed by atoms with Crippen LogP contribution in [0.3, 0.4) is 0 Å². The third-order valence-corrected chi connectivity index (χ3v) is 7.98. The monoisotopic (exact) mass is 595 g/mol. The molecule has 2 amide bonds. The Labute approximate surface area is 224 Å². The first-order valence-electron chi connectivity index (χ1n) is 11.8. The first-order chi connectivity index (χ1) is 18.5. The molecule has 0 bridgehead atoms. The van der Waals surface area contributed by atoms with E-state index in [1.54, 1.807) is 0 Å². The molecule has 1 saturated carbocycles. The number of nitrogens with zero attached hydrogens (tertiary/aromatic N) is 1. The van der Waals surface area contributed by atoms with Crippen molar-refractivity contribution in [3.63, 3.8) is 0 Å². The van der Waals surface area contributed by atoms with Crippen molar-refractivity contribution in [2.75, 3.05) is 22.7 Å². The van der Waals surface area contributed by atoms with E-state index < -0.39 is 75.1 Å². The van der Waals surface area contributed by atoms with E-state index >= 15 is 0 Å². The number of hydrogen-bond acceptors (Lipinski definition) is 6. The third kappa shape index (κ3) is 6.05. The SMILES string of the molecule is CC(C)(OC(=O)Nc1ccc2c(c1)N(S(=O)(=O)c1ccc(F)c(F)c1)C[C@H](CNC(=O)[C@H]1C[C@@H]1F)O2)C(F)(F)F. The van der Waals surface area contributed by atoms with Gasteiger partial charge in [0, 0.05) is 5.69 Å². The fraction of sp³-hybridized carbons (Fsp3) is 0.417. The fourth-order valence-corrected chi connectivity index (χ4v) is 5.21. The minimum absolute atomic E-state index is 0.0647. The van der Waals surface area contributed by atoms with Gasteiger partial charge in [0.15, 0.2) is 11.6 Å². The highest BCUT2D eigenvalue weighted by Gasteiger charge is 2.51. The summed E-state index contributed by atoms with van der Waals surface area (Å²) in [6, 6.07) is 5.38. The van der Waals surface area contributed by atoms with Gasteiger partial charge in [-0.05, 0) is 56.7 Å². The molecule has 2 N–H and O–H groups in total. The van der Waals surface area contributed by atoms with Gasteiger partial charge in [-0.15, -0.1) is 0 Å². The molecule has 0 saturated heterocycles. The Bertz CT molecular complexity index is 1430. The van der Waals surface area contributed by atoms with Gasteiger partial charge in [0.05, 0.1) is 29.6 Å². The average Bonchev–Trinajstić information content (AvgIpc) is 3.59. The molecule has 9 nitrogen and oxygen atoms in total. The quantitative estimate of drug-likeness (QED) is 0.462. The van der Waals surface area contributed by atoms with Crippen molar-refractivity contribution in [1.29, 1.82) is 0 Å². The first kappa shape index (κ1) is 29.3. The van der Waals surface area contributed by atoms with Gasteiger partial charge in [-0.3, -0.25) is 14.4 Å². The number of amides is 2. The fourth-order valence-electron chi connectivity index (χ4n) is 3.70. The molecule has 2 aromatic rings. The smallest absolute Gasteiger partial charge is 0.427 e. The largest absolute Gasteiger partial charge is 0.484 e. The van der Waals surface area contributed by atoms with Crippen LogP contribution >= 0.6 is 0 Å². The molecule has 0 unspecified atom stereocenters. The normalized spacial score (nSPS) is 20.7. The van der Waals surface area contributed by atoms with Crippen LogP contribution in [0.5, 0.6) is 5.75 Å². The van der Waals surface area contributed by atoms with Gasteiger partial charge < -0.3 is 14.8 Å². The Kier molecular flexibility index (Phi) is 7.60. The van der Waals surface area contributed by atoms with Crippen LogP contribution in [0.2, 0.25) is 0 Å². The average molecular weight is 596 g/mol. The molecule has 1 heterocycles. The predicted molar refractivity (Wildman–Crippen MR) is 128 cm³/mol. The highest BCUT2D eigenvalue weighted by molar-refractivity contribution is 7.92. The molecule has 0 aromatic heterocycles. The van der Waals surface area contributed by atoms with Crippen LogP contribution < -0.4 is 19.7 Å². The number of carbonyl (C=O) groups excluding carboxylic acids is 2. The molecule has 218 valence electrons. The van der Waals surface area contributed by atoms with E-state index in [4.69, 9.17) is 4.74 Å². The summed E-state index contributed by atoms with van der Waals surface area (Å²) in [7, 11) is -4.61. The summed E-state index contributed by atoms with van der Waals surface area (Å²) in [5.74, 6) is -4.21. The highest BCUT2D eigenvalue weighted by Crippen LogP contribution is 2.40. The Morgan fingerprint density at radius 2 is 1.77 bits per heavy atom. The standard InChI is InChI=1S/C24H23F6N3O6S/c1-23(2,24(28,29)30)39-22(35)32-12-3-6-20-19(7-12)33(40(36,37)14-4-5-16(25)18(27)8-14)11-13(38-20)10-31-21(34)15-9-17(15)26/h3-8,13,15,17H,9-11H2,1-2H3,(H,31,34)(H,32,35)/t13-,15-,17-/m0/s1. The Balaban J connectivity index is 1.63. The summed E-state index contributed by atoms with van der Waals surface area (Å²) in [5.41, 5.74) is -3.21. The van der Waals surface area contributed by atoms with Crippen LogP contribution in [0.25, 0.3) is 0 Å². The molecule has 16 heteroatoms. The molecular weight excluding hydrogens is 572 g/mol. The number of carbonyl (C=O) groups is 2. The Morgan fingerprint density at radius 1 is 1.10 bits per heavy atom. The molecular formula is C24H23F6N3O6S. The molecule has 0 radical (unpaired) electrons. The number of nitrogens with one attached hydrogen (secondary N) is 2. The minimum atomic E-state index is -4.88. The lowest BCUT2D eigenvalue weighted by Gasteiger charge is -2.36. The summed E-state index contributed by atoms with van der Waals surface area (Å²) in [6.45, 7) is 0.579. The van der Waals surface area contributed by atoms with Crippen LogP contribution in [0.4, 0.5) is 42.5 Å². The third-order valence-electron chi connectivity index (χ3n) is 6.20. The van der Waals surface area contributed by atoms with E-state index in [1.165, 1.54) is 12.1 Å². The van der Waals surface area contributed by atoms with E-state index in [1.807, 2.05) is 0 Å². The molecule has 4 rings (SSSR count). The lowest BCUT2D eigenvalue weighted by atomic mass is 10.1. The van der Waals surface area contributed by atoms with Crippen LogP contribution in [-0.4, -0.2) is 57.6 Å². The number of halogens is 6. The van der Waals surface area contributed by atoms with Crippen LogP contribution in [0.1, 0.15) is 20.3 Å². The summed E-state index contributed by atoms with van der Waals surface area (Å²) in [4.78, 5) is 23.6. The molecule has 2 aromatic carbocycles. The first-order valence-corrected chi connectivity index (χ1v) is 13.2. The van der Waals surface area contributed by atoms with Crippen molar-refractivity contribution in [3.05, 3.63) is 48.0 Å². The highest BCUT2D eigenvalue weighted by atomic mass is 32.2. The number of hydrogen-bond donors (Lipinski definition) is 2. The van der Waals surface area contributed by atoms with Crippen LogP contribution in [0, 0.1) is 17.6 Å². The van der Waals surface area contributed by atoms with E-state index in [0.29, 0.717) is 26.0 Å². The number of anilines is 2. The van der Waals surface area contributed by atoms with Gasteiger partial charge in [-0.2, -0.15) is 13.2 Å². The zero-order chi connectivity index (χ0) is 29.6.